The largest absolute Gasteiger partial charge is 0.462 e. The van der Waals surface area contributed by atoms with Gasteiger partial charge >= 0.3 is 17.9 Å². The summed E-state index contributed by atoms with van der Waals surface area (Å²) in [5.74, 6) is -0.866. The quantitative estimate of drug-likeness (QED) is 0.0261. The molecule has 0 aliphatic carbocycles. The lowest BCUT2D eigenvalue weighted by molar-refractivity contribution is -0.167. The van der Waals surface area contributed by atoms with Gasteiger partial charge in [0.1, 0.15) is 13.2 Å². The molecule has 0 aromatic rings. The molecule has 0 spiro atoms. The molecule has 0 amide bonds. The van der Waals surface area contributed by atoms with Crippen molar-refractivity contribution in [3.63, 3.8) is 0 Å². The molecule has 0 rings (SSSR count). The van der Waals surface area contributed by atoms with Crippen LogP contribution in [0.4, 0.5) is 0 Å². The van der Waals surface area contributed by atoms with Crippen molar-refractivity contribution in [2.24, 2.45) is 0 Å². The molecule has 0 aromatic carbocycles. The smallest absolute Gasteiger partial charge is 0.306 e. The van der Waals surface area contributed by atoms with Gasteiger partial charge in [-0.25, -0.2) is 0 Å². The highest BCUT2D eigenvalue weighted by Gasteiger charge is 2.19. The molecule has 0 fully saturated rings. The minimum absolute atomic E-state index is 0.0730. The molecule has 1 unspecified atom stereocenters. The number of hydrogen-bond acceptors (Lipinski definition) is 6. The summed E-state index contributed by atoms with van der Waals surface area (Å²) in [4.78, 5) is 38.2. The topological polar surface area (TPSA) is 78.9 Å². The van der Waals surface area contributed by atoms with Crippen LogP contribution in [0.5, 0.6) is 0 Å². The predicted molar refractivity (Wildman–Crippen MR) is 307 cm³/mol. The van der Waals surface area contributed by atoms with E-state index in [4.69, 9.17) is 14.2 Å². The van der Waals surface area contributed by atoms with Gasteiger partial charge in [0.2, 0.25) is 0 Å². The third-order valence-electron chi connectivity index (χ3n) is 13.8. The zero-order valence-electron chi connectivity index (χ0n) is 47.5. The van der Waals surface area contributed by atoms with Crippen molar-refractivity contribution in [3.05, 3.63) is 48.6 Å². The fraction of sp³-hybridized carbons (Fsp3) is 0.831. The Morgan fingerprint density at radius 2 is 0.507 bits per heavy atom. The fourth-order valence-electron chi connectivity index (χ4n) is 9.09. The molecule has 71 heavy (non-hydrogen) atoms. The van der Waals surface area contributed by atoms with Gasteiger partial charge in [0.25, 0.3) is 0 Å². The lowest BCUT2D eigenvalue weighted by atomic mass is 10.1. The van der Waals surface area contributed by atoms with Crippen molar-refractivity contribution >= 4 is 17.9 Å². The summed E-state index contributed by atoms with van der Waals surface area (Å²) in [5.41, 5.74) is 0. The van der Waals surface area contributed by atoms with Crippen molar-refractivity contribution in [2.75, 3.05) is 13.2 Å². The molecule has 6 nitrogen and oxygen atoms in total. The third kappa shape index (κ3) is 58.1. The second kappa shape index (κ2) is 59.9. The molecule has 0 saturated heterocycles. The summed E-state index contributed by atoms with van der Waals surface area (Å²) in [6.45, 7) is 6.65. The lowest BCUT2D eigenvalue weighted by Gasteiger charge is -2.18. The highest BCUT2D eigenvalue weighted by Crippen LogP contribution is 2.16. The molecule has 0 aliphatic rings. The Bertz CT molecular complexity index is 1230. The summed E-state index contributed by atoms with van der Waals surface area (Å²) in [7, 11) is 0. The summed E-state index contributed by atoms with van der Waals surface area (Å²) >= 11 is 0. The highest BCUT2D eigenvalue weighted by atomic mass is 16.6. The van der Waals surface area contributed by atoms with E-state index in [0.29, 0.717) is 19.3 Å². The molecule has 1 atom stereocenters. The monoisotopic (exact) mass is 995 g/mol. The zero-order chi connectivity index (χ0) is 51.4. The summed E-state index contributed by atoms with van der Waals surface area (Å²) < 4.78 is 16.9. The van der Waals surface area contributed by atoms with Crippen molar-refractivity contribution in [1.29, 1.82) is 0 Å². The summed E-state index contributed by atoms with van der Waals surface area (Å²) in [5, 5.41) is 0. The summed E-state index contributed by atoms with van der Waals surface area (Å²) in [6, 6.07) is 0. The van der Waals surface area contributed by atoms with E-state index in [2.05, 4.69) is 69.4 Å². The van der Waals surface area contributed by atoms with Crippen molar-refractivity contribution in [2.45, 2.75) is 335 Å². The molecule has 0 heterocycles. The van der Waals surface area contributed by atoms with Crippen LogP contribution in [0, 0.1) is 0 Å². The Hall–Kier alpha value is -2.63. The molecule has 6 heteroatoms. The Morgan fingerprint density at radius 3 is 0.803 bits per heavy atom. The molecule has 0 N–H and O–H groups in total. The van der Waals surface area contributed by atoms with E-state index in [9.17, 15) is 14.4 Å². The minimum Gasteiger partial charge on any atom is -0.462 e. The highest BCUT2D eigenvalue weighted by molar-refractivity contribution is 5.71. The van der Waals surface area contributed by atoms with Crippen molar-refractivity contribution in [3.8, 4) is 0 Å². The lowest BCUT2D eigenvalue weighted by Crippen LogP contribution is -2.30. The summed E-state index contributed by atoms with van der Waals surface area (Å²) in [6.07, 6.45) is 73.9. The van der Waals surface area contributed by atoms with E-state index >= 15 is 0 Å². The van der Waals surface area contributed by atoms with Crippen molar-refractivity contribution in [1.82, 2.24) is 0 Å². The second-order valence-corrected chi connectivity index (χ2v) is 21.0. The Morgan fingerprint density at radius 1 is 0.282 bits per heavy atom. The molecular weight excluding hydrogens is 877 g/mol. The molecule has 0 radical (unpaired) electrons. The SMILES string of the molecule is CCCCCCC/C=C\C/C=C\C/C=C\CCCCCCCCCCC(=O)OCC(COC(=O)CCCCCCCCCCCCC)OC(=O)CCCCCCCCCCC/C=C\CCCCCCCC. The van der Waals surface area contributed by atoms with Crippen LogP contribution in [0.25, 0.3) is 0 Å². The third-order valence-corrected chi connectivity index (χ3v) is 13.8. The number of carbonyl (C=O) groups is 3. The number of carbonyl (C=O) groups excluding carboxylic acids is 3. The molecule has 0 aromatic heterocycles. The van der Waals surface area contributed by atoms with Gasteiger partial charge in [-0.1, -0.05) is 275 Å². The van der Waals surface area contributed by atoms with Crippen LogP contribution in [-0.2, 0) is 28.6 Å². The predicted octanol–water partition coefficient (Wildman–Crippen LogP) is 21.0. The number of unbranched alkanes of at least 4 members (excludes halogenated alkanes) is 38. The number of rotatable bonds is 57. The van der Waals surface area contributed by atoms with Crippen LogP contribution in [0.1, 0.15) is 329 Å². The first-order valence-corrected chi connectivity index (χ1v) is 31.1. The van der Waals surface area contributed by atoms with E-state index in [1.165, 1.54) is 212 Å². The fourth-order valence-corrected chi connectivity index (χ4v) is 9.09. The molecule has 0 bridgehead atoms. The first-order valence-electron chi connectivity index (χ1n) is 31.1. The normalized spacial score (nSPS) is 12.3. The van der Waals surface area contributed by atoms with E-state index in [0.717, 1.165) is 77.0 Å². The van der Waals surface area contributed by atoms with Crippen LogP contribution in [0.15, 0.2) is 48.6 Å². The number of ether oxygens (including phenoxy) is 3. The van der Waals surface area contributed by atoms with Gasteiger partial charge in [0.05, 0.1) is 0 Å². The maximum absolute atomic E-state index is 12.9. The van der Waals surface area contributed by atoms with Gasteiger partial charge in [0.15, 0.2) is 6.10 Å². The van der Waals surface area contributed by atoms with Crippen LogP contribution >= 0.6 is 0 Å². The average Bonchev–Trinajstić information content (AvgIpc) is 3.37. The molecular formula is C65H118O6. The van der Waals surface area contributed by atoms with Gasteiger partial charge in [-0.05, 0) is 83.5 Å². The van der Waals surface area contributed by atoms with E-state index in [-0.39, 0.29) is 31.1 Å². The van der Waals surface area contributed by atoms with E-state index in [1.54, 1.807) is 0 Å². The standard InChI is InChI=1S/C65H118O6/c1-4-7-10-13-16-19-22-24-26-28-30-31-32-33-35-36-38-40-43-46-49-52-55-58-64(67)70-61-62(60-69-63(66)57-54-51-48-45-42-21-18-15-12-9-6-3)71-65(68)59-56-53-50-47-44-41-39-37-34-29-27-25-23-20-17-14-11-8-5-2/h22,24-25,27-28,30,32-33,62H,4-21,23,26,29,31,34-61H2,1-3H3/b24-22-,27-25-,30-28-,33-32-. The van der Waals surface area contributed by atoms with Gasteiger partial charge in [-0.3, -0.25) is 14.4 Å². The number of hydrogen-bond donors (Lipinski definition) is 0. The average molecular weight is 996 g/mol. The van der Waals surface area contributed by atoms with Crippen molar-refractivity contribution < 1.29 is 28.6 Å². The maximum Gasteiger partial charge on any atom is 0.306 e. The Kier molecular flexibility index (Phi) is 57.7. The number of esters is 3. The van der Waals surface area contributed by atoms with Crippen LogP contribution in [0.2, 0.25) is 0 Å². The van der Waals surface area contributed by atoms with Gasteiger partial charge in [-0.2, -0.15) is 0 Å². The number of allylic oxidation sites excluding steroid dienone is 8. The zero-order valence-corrected chi connectivity index (χ0v) is 47.5. The molecule has 0 saturated carbocycles. The van der Waals surface area contributed by atoms with Gasteiger partial charge < -0.3 is 14.2 Å². The van der Waals surface area contributed by atoms with Crippen LogP contribution in [0.3, 0.4) is 0 Å². The second-order valence-electron chi connectivity index (χ2n) is 21.0. The van der Waals surface area contributed by atoms with Crippen LogP contribution in [-0.4, -0.2) is 37.2 Å². The van der Waals surface area contributed by atoms with Crippen LogP contribution < -0.4 is 0 Å². The first kappa shape index (κ1) is 68.4. The molecule has 0 aliphatic heterocycles. The first-order chi connectivity index (χ1) is 35.0. The molecule has 414 valence electrons. The van der Waals surface area contributed by atoms with E-state index < -0.39 is 6.10 Å². The van der Waals surface area contributed by atoms with E-state index in [1.807, 2.05) is 0 Å². The Labute approximate surface area is 441 Å². The Balaban J connectivity index is 4.29. The van der Waals surface area contributed by atoms with Gasteiger partial charge in [-0.15, -0.1) is 0 Å². The van der Waals surface area contributed by atoms with Gasteiger partial charge in [0, 0.05) is 19.3 Å². The maximum atomic E-state index is 12.9. The minimum atomic E-state index is -0.775.